The Morgan fingerprint density at radius 2 is 2.08 bits per heavy atom. The van der Waals surface area contributed by atoms with Gasteiger partial charge in [0, 0.05) is 31.2 Å². The Morgan fingerprint density at radius 3 is 2.68 bits per heavy atom. The molecule has 1 aromatic rings. The van der Waals surface area contributed by atoms with E-state index in [4.69, 9.17) is 10.9 Å². The van der Waals surface area contributed by atoms with Gasteiger partial charge in [0.15, 0.2) is 0 Å². The molecule has 1 aromatic carbocycles. The van der Waals surface area contributed by atoms with Crippen molar-refractivity contribution in [2.75, 3.05) is 25.0 Å². The number of hydrogen-bond acceptors (Lipinski definition) is 5. The topological polar surface area (TPSA) is 119 Å². The van der Waals surface area contributed by atoms with E-state index in [0.717, 1.165) is 19.5 Å². The molecule has 142 valence electrons. The molecule has 0 spiro atoms. The van der Waals surface area contributed by atoms with Gasteiger partial charge in [0.1, 0.15) is 0 Å². The van der Waals surface area contributed by atoms with Crippen LogP contribution in [0.1, 0.15) is 26.7 Å². The van der Waals surface area contributed by atoms with Gasteiger partial charge < -0.3 is 16.0 Å². The van der Waals surface area contributed by atoms with Crippen molar-refractivity contribution < 1.29 is 13.2 Å². The van der Waals surface area contributed by atoms with E-state index in [1.54, 1.807) is 12.1 Å². The smallest absolute Gasteiger partial charge is 0.238 e. The third kappa shape index (κ3) is 6.23. The van der Waals surface area contributed by atoms with Crippen LogP contribution in [0.25, 0.3) is 0 Å². The molecule has 0 aliphatic carbocycles. The fourth-order valence-electron chi connectivity index (χ4n) is 2.91. The maximum absolute atomic E-state index is 12.1. The highest BCUT2D eigenvalue weighted by molar-refractivity contribution is 7.89. The summed E-state index contributed by atoms with van der Waals surface area (Å²) in [6, 6.07) is 6.11. The predicted molar refractivity (Wildman–Crippen MR) is 101 cm³/mol. The second kappa shape index (κ2) is 8.46. The number of carbonyl (C=O) groups is 1. The van der Waals surface area contributed by atoms with Gasteiger partial charge in [-0.15, -0.1) is 12.4 Å². The Labute approximate surface area is 155 Å². The van der Waals surface area contributed by atoms with Crippen LogP contribution in [-0.2, 0) is 14.8 Å². The molecule has 2 rings (SSSR count). The van der Waals surface area contributed by atoms with Gasteiger partial charge in [-0.2, -0.15) is 0 Å². The number of carbonyl (C=O) groups excluding carboxylic acids is 1. The first-order chi connectivity index (χ1) is 11.1. The number of halogens is 1. The van der Waals surface area contributed by atoms with Gasteiger partial charge >= 0.3 is 0 Å². The molecule has 0 radical (unpaired) electrons. The Kier molecular flexibility index (Phi) is 7.40. The number of anilines is 1. The molecule has 1 amide bonds. The average molecular weight is 391 g/mol. The summed E-state index contributed by atoms with van der Waals surface area (Å²) in [7, 11) is -3.78. The lowest BCUT2D eigenvalue weighted by Crippen LogP contribution is -2.52. The van der Waals surface area contributed by atoms with E-state index in [9.17, 15) is 13.2 Å². The van der Waals surface area contributed by atoms with Crippen LogP contribution in [0.5, 0.6) is 0 Å². The minimum absolute atomic E-state index is 0. The highest BCUT2D eigenvalue weighted by Gasteiger charge is 2.33. The number of amides is 1. The Bertz CT molecular complexity index is 709. The van der Waals surface area contributed by atoms with Crippen LogP contribution in [0.3, 0.4) is 0 Å². The van der Waals surface area contributed by atoms with Crippen LogP contribution in [0, 0.1) is 5.41 Å². The second-order valence-corrected chi connectivity index (χ2v) is 8.59. The Hall–Kier alpha value is -1.19. The number of nitrogens with zero attached hydrogens (tertiary/aromatic N) is 1. The lowest BCUT2D eigenvalue weighted by Gasteiger charge is -2.42. The maximum Gasteiger partial charge on any atom is 0.238 e. The van der Waals surface area contributed by atoms with Crippen molar-refractivity contribution in [3.63, 3.8) is 0 Å². The van der Waals surface area contributed by atoms with Crippen LogP contribution < -0.4 is 16.2 Å². The second-order valence-electron chi connectivity index (χ2n) is 7.03. The molecule has 1 fully saturated rings. The number of hydrogen-bond donors (Lipinski definition) is 3. The third-order valence-corrected chi connectivity index (χ3v) is 5.40. The number of benzene rings is 1. The third-order valence-electron chi connectivity index (χ3n) is 4.49. The lowest BCUT2D eigenvalue weighted by atomic mass is 9.80. The van der Waals surface area contributed by atoms with E-state index in [-0.39, 0.29) is 34.7 Å². The summed E-state index contributed by atoms with van der Waals surface area (Å²) in [6.45, 7) is 6.68. The maximum atomic E-state index is 12.1. The quantitative estimate of drug-likeness (QED) is 0.696. The van der Waals surface area contributed by atoms with Crippen molar-refractivity contribution in [2.24, 2.45) is 16.3 Å². The van der Waals surface area contributed by atoms with Crippen molar-refractivity contribution in [1.82, 2.24) is 4.90 Å². The zero-order valence-corrected chi connectivity index (χ0v) is 16.2. The fraction of sp³-hybridized carbons (Fsp3) is 0.562. The predicted octanol–water partition coefficient (Wildman–Crippen LogP) is 1.14. The molecule has 1 aliphatic heterocycles. The van der Waals surface area contributed by atoms with Gasteiger partial charge in [0.25, 0.3) is 0 Å². The zero-order valence-electron chi connectivity index (χ0n) is 14.6. The molecule has 1 heterocycles. The van der Waals surface area contributed by atoms with Crippen molar-refractivity contribution >= 4 is 34.0 Å². The van der Waals surface area contributed by atoms with Crippen LogP contribution in [-0.4, -0.2) is 44.9 Å². The van der Waals surface area contributed by atoms with Crippen LogP contribution >= 0.6 is 12.4 Å². The fourth-order valence-corrected chi connectivity index (χ4v) is 3.47. The lowest BCUT2D eigenvalue weighted by molar-refractivity contribution is -0.116. The van der Waals surface area contributed by atoms with E-state index in [2.05, 4.69) is 24.1 Å². The Morgan fingerprint density at radius 1 is 1.40 bits per heavy atom. The van der Waals surface area contributed by atoms with Gasteiger partial charge in [-0.3, -0.25) is 4.79 Å². The minimum atomic E-state index is -3.78. The summed E-state index contributed by atoms with van der Waals surface area (Å²) in [5.74, 6) is -0.158. The van der Waals surface area contributed by atoms with Crippen molar-refractivity contribution in [3.8, 4) is 0 Å². The minimum Gasteiger partial charge on any atom is -0.327 e. The molecule has 0 bridgehead atoms. The number of piperidine rings is 1. The molecule has 0 aromatic heterocycles. The molecule has 7 nitrogen and oxygen atoms in total. The van der Waals surface area contributed by atoms with Crippen molar-refractivity contribution in [1.29, 1.82) is 0 Å². The van der Waals surface area contributed by atoms with E-state index < -0.39 is 10.0 Å². The molecular formula is C16H27ClN4O3S. The van der Waals surface area contributed by atoms with Crippen LogP contribution in [0.4, 0.5) is 5.69 Å². The molecule has 1 saturated heterocycles. The summed E-state index contributed by atoms with van der Waals surface area (Å²) < 4.78 is 22.7. The van der Waals surface area contributed by atoms with Crippen LogP contribution in [0.2, 0.25) is 0 Å². The average Bonchev–Trinajstić information content (AvgIpc) is 2.48. The highest BCUT2D eigenvalue weighted by atomic mass is 35.5. The summed E-state index contributed by atoms with van der Waals surface area (Å²) in [5, 5.41) is 7.81. The SMILES string of the molecule is CC1(C)CN(CCC(=O)Nc2cccc(S(N)(=O)=O)c2)CCC1N.Cl. The summed E-state index contributed by atoms with van der Waals surface area (Å²) >= 11 is 0. The molecule has 25 heavy (non-hydrogen) atoms. The molecule has 0 saturated carbocycles. The molecule has 1 unspecified atom stereocenters. The van der Waals surface area contributed by atoms with Crippen LogP contribution in [0.15, 0.2) is 29.2 Å². The number of rotatable bonds is 5. The first kappa shape index (κ1) is 21.9. The van der Waals surface area contributed by atoms with E-state index in [0.29, 0.717) is 18.7 Å². The summed E-state index contributed by atoms with van der Waals surface area (Å²) in [6.07, 6.45) is 1.26. The Balaban J connectivity index is 0.00000312. The molecule has 9 heteroatoms. The first-order valence-corrected chi connectivity index (χ1v) is 9.53. The number of nitrogens with one attached hydrogen (secondary N) is 1. The summed E-state index contributed by atoms with van der Waals surface area (Å²) in [4.78, 5) is 14.3. The monoisotopic (exact) mass is 390 g/mol. The number of nitrogens with two attached hydrogens (primary N) is 2. The highest BCUT2D eigenvalue weighted by Crippen LogP contribution is 2.27. The molecular weight excluding hydrogens is 364 g/mol. The molecule has 5 N–H and O–H groups in total. The molecule has 1 atom stereocenters. The first-order valence-electron chi connectivity index (χ1n) is 7.98. The normalized spacial score (nSPS) is 20.6. The van der Waals surface area contributed by atoms with Gasteiger partial charge in [0.2, 0.25) is 15.9 Å². The van der Waals surface area contributed by atoms with Gasteiger partial charge in [-0.1, -0.05) is 19.9 Å². The van der Waals surface area contributed by atoms with Crippen molar-refractivity contribution in [3.05, 3.63) is 24.3 Å². The van der Waals surface area contributed by atoms with E-state index >= 15 is 0 Å². The van der Waals surface area contributed by atoms with E-state index in [1.807, 2.05) is 0 Å². The zero-order chi connectivity index (χ0) is 18.0. The standard InChI is InChI=1S/C16H26N4O3S.ClH/c1-16(2)11-20(8-6-14(16)17)9-7-15(21)19-12-4-3-5-13(10-12)24(18,22)23;/h3-5,10,14H,6-9,11,17H2,1-2H3,(H,19,21)(H2,18,22,23);1H. The number of primary sulfonamides is 1. The van der Waals surface area contributed by atoms with Gasteiger partial charge in [-0.25, -0.2) is 13.6 Å². The van der Waals surface area contributed by atoms with Crippen molar-refractivity contribution in [2.45, 2.75) is 37.6 Å². The van der Waals surface area contributed by atoms with Gasteiger partial charge in [-0.05, 0) is 36.6 Å². The largest absolute Gasteiger partial charge is 0.327 e. The molecule has 1 aliphatic rings. The van der Waals surface area contributed by atoms with E-state index in [1.165, 1.54) is 12.1 Å². The number of sulfonamides is 1. The van der Waals surface area contributed by atoms with Gasteiger partial charge in [0.05, 0.1) is 4.90 Å². The number of likely N-dealkylation sites (tertiary alicyclic amines) is 1. The summed E-state index contributed by atoms with van der Waals surface area (Å²) in [5.41, 5.74) is 6.58.